The molecule has 0 heterocycles. The summed E-state index contributed by atoms with van der Waals surface area (Å²) in [6, 6.07) is 4.09. The van der Waals surface area contributed by atoms with Crippen LogP contribution in [0.5, 0.6) is 0 Å². The highest BCUT2D eigenvalue weighted by Gasteiger charge is 1.92. The van der Waals surface area contributed by atoms with Crippen molar-refractivity contribution in [3.8, 4) is 0 Å². The summed E-state index contributed by atoms with van der Waals surface area (Å²) < 4.78 is 12.3. The Balaban J connectivity index is 3.17. The van der Waals surface area contributed by atoms with Crippen molar-refractivity contribution < 1.29 is 4.39 Å². The minimum Gasteiger partial charge on any atom is -0.208 e. The van der Waals surface area contributed by atoms with E-state index in [1.807, 2.05) is 0 Å². The maximum atomic E-state index is 12.3. The number of benzene rings is 1. The van der Waals surface area contributed by atoms with Crippen molar-refractivity contribution >= 4 is 26.6 Å². The quantitative estimate of drug-likeness (QED) is 0.397. The Hall–Kier alpha value is -0.720. The van der Waals surface area contributed by atoms with Gasteiger partial charge in [-0.15, -0.1) is 0 Å². The molecule has 0 nitrogen and oxygen atoms in total. The largest absolute Gasteiger partial charge is 0.208 e. The minimum absolute atomic E-state index is 0.0926. The van der Waals surface area contributed by atoms with Crippen molar-refractivity contribution in [2.75, 3.05) is 0 Å². The van der Waals surface area contributed by atoms with E-state index in [9.17, 15) is 4.39 Å². The van der Waals surface area contributed by atoms with Gasteiger partial charge < -0.3 is 0 Å². The Morgan fingerprint density at radius 3 is 2.33 bits per heavy atom. The van der Waals surface area contributed by atoms with Crippen LogP contribution >= 0.6 is 0 Å². The molecule has 40 valence electrons. The molecule has 0 unspecified atom stereocenters. The normalized spacial score (nSPS) is 9.44. The second-order valence-electron chi connectivity index (χ2n) is 1.78. The molecule has 0 fully saturated rings. The predicted octanol–water partition coefficient (Wildman–Crippen LogP) is -0.587. The van der Waals surface area contributed by atoms with E-state index in [0.717, 1.165) is 0 Å². The predicted molar refractivity (Wildman–Crippen MR) is 37.2 cm³/mol. The van der Waals surface area contributed by atoms with Gasteiger partial charge >= 0.3 is 0 Å². The van der Waals surface area contributed by atoms with Crippen molar-refractivity contribution in [2.24, 2.45) is 0 Å². The van der Waals surface area contributed by atoms with Crippen LogP contribution in [-0.2, 0) is 0 Å². The van der Waals surface area contributed by atoms with Gasteiger partial charge in [-0.25, -0.2) is 4.39 Å². The second-order valence-corrected chi connectivity index (χ2v) is 1.78. The third-order valence-electron chi connectivity index (χ3n) is 1.02. The maximum absolute atomic E-state index is 12.3. The highest BCUT2D eigenvalue weighted by molar-refractivity contribution is 6.37. The lowest BCUT2D eigenvalue weighted by molar-refractivity contribution is 0.636. The van der Waals surface area contributed by atoms with Crippen molar-refractivity contribution in [1.29, 1.82) is 0 Å². The van der Waals surface area contributed by atoms with Crippen molar-refractivity contribution in [3.63, 3.8) is 0 Å². The molecule has 0 N–H and O–H groups in total. The molecule has 0 aliphatic heterocycles. The van der Waals surface area contributed by atoms with E-state index >= 15 is 0 Å². The van der Waals surface area contributed by atoms with E-state index < -0.39 is 5.82 Å². The standard InChI is InChI=1S/C6H3B2F/c7-4-1-2-6(9)5(8)3-4/h1-3H. The Morgan fingerprint density at radius 2 is 1.89 bits per heavy atom. The lowest BCUT2D eigenvalue weighted by atomic mass is 9.87. The molecule has 0 aliphatic carbocycles. The molecule has 0 aromatic heterocycles. The molecule has 0 atom stereocenters. The van der Waals surface area contributed by atoms with Crippen LogP contribution in [0.4, 0.5) is 4.39 Å². The van der Waals surface area contributed by atoms with E-state index in [-0.39, 0.29) is 5.46 Å². The van der Waals surface area contributed by atoms with Crippen LogP contribution in [0.3, 0.4) is 0 Å². The maximum Gasteiger partial charge on any atom is 0.117 e. The molecule has 3 heteroatoms. The average molecular weight is 116 g/mol. The summed E-state index contributed by atoms with van der Waals surface area (Å²) in [5, 5.41) is 0. The third kappa shape index (κ3) is 1.35. The molecule has 0 spiro atoms. The minimum atomic E-state index is -0.427. The number of halogens is 1. The van der Waals surface area contributed by atoms with E-state index in [2.05, 4.69) is 0 Å². The Bertz CT molecular complexity index is 222. The van der Waals surface area contributed by atoms with Crippen LogP contribution in [-0.4, -0.2) is 15.7 Å². The zero-order chi connectivity index (χ0) is 6.85. The van der Waals surface area contributed by atoms with Crippen LogP contribution in [0, 0.1) is 5.82 Å². The molecular weight excluding hydrogens is 113 g/mol. The first-order valence-electron chi connectivity index (χ1n) is 2.50. The van der Waals surface area contributed by atoms with Gasteiger partial charge in [0.25, 0.3) is 0 Å². The molecule has 0 saturated heterocycles. The summed E-state index contributed by atoms with van der Waals surface area (Å²) in [4.78, 5) is 0. The lowest BCUT2D eigenvalue weighted by Gasteiger charge is -1.95. The first kappa shape index (κ1) is 6.40. The Morgan fingerprint density at radius 1 is 1.22 bits per heavy atom. The van der Waals surface area contributed by atoms with Crippen LogP contribution < -0.4 is 10.9 Å². The molecule has 0 saturated carbocycles. The molecule has 4 radical (unpaired) electrons. The monoisotopic (exact) mass is 116 g/mol. The van der Waals surface area contributed by atoms with Gasteiger partial charge in [-0.1, -0.05) is 23.1 Å². The number of rotatable bonds is 0. The summed E-state index contributed by atoms with van der Waals surface area (Å²) in [6.45, 7) is 0. The van der Waals surface area contributed by atoms with Gasteiger partial charge in [0.2, 0.25) is 0 Å². The highest BCUT2D eigenvalue weighted by atomic mass is 19.1. The van der Waals surface area contributed by atoms with E-state index in [4.69, 9.17) is 15.7 Å². The fourth-order valence-electron chi connectivity index (χ4n) is 0.562. The molecule has 0 amide bonds. The third-order valence-corrected chi connectivity index (χ3v) is 1.02. The summed E-state index contributed by atoms with van der Waals surface area (Å²) >= 11 is 0. The summed E-state index contributed by atoms with van der Waals surface area (Å²) in [6.07, 6.45) is 0. The van der Waals surface area contributed by atoms with E-state index in [1.165, 1.54) is 18.2 Å². The fourth-order valence-corrected chi connectivity index (χ4v) is 0.562. The second kappa shape index (κ2) is 2.26. The van der Waals surface area contributed by atoms with Gasteiger partial charge in [0, 0.05) is 0 Å². The molecule has 1 rings (SSSR count). The van der Waals surface area contributed by atoms with E-state index in [1.54, 1.807) is 0 Å². The Kier molecular flexibility index (Phi) is 1.60. The summed E-state index contributed by atoms with van der Waals surface area (Å²) in [5.41, 5.74) is 0.573. The smallest absolute Gasteiger partial charge is 0.117 e. The molecule has 0 bridgehead atoms. The van der Waals surface area contributed by atoms with Gasteiger partial charge in [-0.2, -0.15) is 0 Å². The van der Waals surface area contributed by atoms with E-state index in [0.29, 0.717) is 5.46 Å². The van der Waals surface area contributed by atoms with Gasteiger partial charge in [-0.3, -0.25) is 0 Å². The molecule has 0 aliphatic rings. The highest BCUT2D eigenvalue weighted by Crippen LogP contribution is 1.86. The van der Waals surface area contributed by atoms with Crippen molar-refractivity contribution in [1.82, 2.24) is 0 Å². The van der Waals surface area contributed by atoms with Crippen molar-refractivity contribution in [3.05, 3.63) is 24.0 Å². The summed E-state index contributed by atoms with van der Waals surface area (Å²) in [7, 11) is 10.4. The van der Waals surface area contributed by atoms with Gasteiger partial charge in [0.05, 0.1) is 0 Å². The fraction of sp³-hybridized carbons (Fsp3) is 0. The van der Waals surface area contributed by atoms with Gasteiger partial charge in [-0.05, 0) is 6.07 Å². The van der Waals surface area contributed by atoms with Crippen LogP contribution in [0.25, 0.3) is 0 Å². The Labute approximate surface area is 55.9 Å². The van der Waals surface area contributed by atoms with Gasteiger partial charge in [0.15, 0.2) is 0 Å². The zero-order valence-electron chi connectivity index (χ0n) is 4.76. The molecule has 9 heavy (non-hydrogen) atoms. The van der Waals surface area contributed by atoms with Gasteiger partial charge in [0.1, 0.15) is 21.5 Å². The average Bonchev–Trinajstić information content (AvgIpc) is 1.80. The number of hydrogen-bond donors (Lipinski definition) is 0. The summed E-state index contributed by atoms with van der Waals surface area (Å²) in [5.74, 6) is -0.427. The molecule has 1 aromatic carbocycles. The first-order valence-corrected chi connectivity index (χ1v) is 2.50. The number of hydrogen-bond acceptors (Lipinski definition) is 0. The zero-order valence-corrected chi connectivity index (χ0v) is 4.76. The lowest BCUT2D eigenvalue weighted by Crippen LogP contribution is -2.15. The SMILES string of the molecule is [B]c1ccc(F)c([B])c1. The van der Waals surface area contributed by atoms with Crippen LogP contribution in [0.1, 0.15) is 0 Å². The molecule has 1 aromatic rings. The van der Waals surface area contributed by atoms with Crippen LogP contribution in [0.2, 0.25) is 0 Å². The van der Waals surface area contributed by atoms with Crippen molar-refractivity contribution in [2.45, 2.75) is 0 Å². The molecular formula is C6H3B2F. The topological polar surface area (TPSA) is 0 Å². The first-order chi connectivity index (χ1) is 4.20. The van der Waals surface area contributed by atoms with Crippen LogP contribution in [0.15, 0.2) is 18.2 Å².